The molecule has 0 aliphatic heterocycles. The van der Waals surface area contributed by atoms with E-state index in [1.165, 1.54) is 0 Å². The van der Waals surface area contributed by atoms with Crippen LogP contribution in [0, 0.1) is 17.6 Å². The number of hydrogen-bond donors (Lipinski definition) is 3. The van der Waals surface area contributed by atoms with E-state index < -0.39 is 44.7 Å². The van der Waals surface area contributed by atoms with E-state index in [9.17, 15) is 22.0 Å². The van der Waals surface area contributed by atoms with Gasteiger partial charge in [-0.1, -0.05) is 13.8 Å². The molecule has 4 N–H and O–H groups in total. The molecule has 1 amide bonds. The summed E-state index contributed by atoms with van der Waals surface area (Å²) >= 11 is 0. The Bertz CT molecular complexity index is 633. The molecule has 0 saturated carbocycles. The Morgan fingerprint density at radius 2 is 1.95 bits per heavy atom. The van der Waals surface area contributed by atoms with Gasteiger partial charge in [-0.2, -0.15) is 0 Å². The zero-order valence-electron chi connectivity index (χ0n) is 11.6. The molecule has 0 heterocycles. The fraction of sp³-hybridized carbons (Fsp3) is 0.417. The van der Waals surface area contributed by atoms with Crippen LogP contribution in [0.5, 0.6) is 0 Å². The third-order valence-electron chi connectivity index (χ3n) is 2.51. The van der Waals surface area contributed by atoms with E-state index in [-0.39, 0.29) is 5.92 Å². The van der Waals surface area contributed by atoms with Crippen LogP contribution in [0.15, 0.2) is 17.0 Å². The molecule has 0 spiro atoms. The summed E-state index contributed by atoms with van der Waals surface area (Å²) < 4.78 is 52.3. The molecule has 0 atom stereocenters. The van der Waals surface area contributed by atoms with Crippen LogP contribution in [0.4, 0.5) is 14.5 Å². The number of halogens is 2. The predicted molar refractivity (Wildman–Crippen MR) is 73.8 cm³/mol. The number of benzene rings is 1. The van der Waals surface area contributed by atoms with Crippen LogP contribution in [0.1, 0.15) is 13.8 Å². The Balaban J connectivity index is 2.79. The summed E-state index contributed by atoms with van der Waals surface area (Å²) in [6, 6.07) is 1.49. The predicted octanol–water partition coefficient (Wildman–Crippen LogP) is 0.597. The fourth-order valence-corrected chi connectivity index (χ4v) is 2.45. The summed E-state index contributed by atoms with van der Waals surface area (Å²) in [7, 11) is -4.30. The Kier molecular flexibility index (Phi) is 5.62. The SMILES string of the molecule is CC(C)CNC(=O)CNS(=O)(=O)c1ccc(F)c(N)c1F. The van der Waals surface area contributed by atoms with E-state index >= 15 is 0 Å². The van der Waals surface area contributed by atoms with Gasteiger partial charge in [-0.15, -0.1) is 0 Å². The van der Waals surface area contributed by atoms with Gasteiger partial charge >= 0.3 is 0 Å². The lowest BCUT2D eigenvalue weighted by atomic mass is 10.2. The lowest BCUT2D eigenvalue weighted by Gasteiger charge is -2.10. The minimum Gasteiger partial charge on any atom is -0.394 e. The summed E-state index contributed by atoms with van der Waals surface area (Å²) in [4.78, 5) is 10.6. The molecular formula is C12H17F2N3O3S. The van der Waals surface area contributed by atoms with Crippen molar-refractivity contribution in [1.29, 1.82) is 0 Å². The Labute approximate surface area is 121 Å². The van der Waals surface area contributed by atoms with E-state index in [4.69, 9.17) is 5.73 Å². The first kappa shape index (κ1) is 17.3. The quantitative estimate of drug-likeness (QED) is 0.668. The van der Waals surface area contributed by atoms with Crippen molar-refractivity contribution >= 4 is 21.6 Å². The first-order chi connectivity index (χ1) is 9.65. The van der Waals surface area contributed by atoms with Gasteiger partial charge in [0.25, 0.3) is 0 Å². The molecule has 6 nitrogen and oxygen atoms in total. The van der Waals surface area contributed by atoms with Crippen LogP contribution >= 0.6 is 0 Å². The van der Waals surface area contributed by atoms with Crippen LogP contribution in [0.3, 0.4) is 0 Å². The van der Waals surface area contributed by atoms with Crippen molar-refractivity contribution in [3.63, 3.8) is 0 Å². The van der Waals surface area contributed by atoms with E-state index in [0.29, 0.717) is 6.54 Å². The number of carbonyl (C=O) groups excluding carboxylic acids is 1. The minimum atomic E-state index is -4.30. The normalized spacial score (nSPS) is 11.7. The summed E-state index contributed by atoms with van der Waals surface area (Å²) in [6.07, 6.45) is 0. The molecule has 0 radical (unpaired) electrons. The molecule has 0 saturated heterocycles. The summed E-state index contributed by atoms with van der Waals surface area (Å²) in [5.41, 5.74) is 4.21. The highest BCUT2D eigenvalue weighted by atomic mass is 32.2. The van der Waals surface area contributed by atoms with Crippen molar-refractivity contribution in [2.24, 2.45) is 5.92 Å². The van der Waals surface area contributed by atoms with Gasteiger partial charge in [-0.3, -0.25) is 4.79 Å². The maximum Gasteiger partial charge on any atom is 0.244 e. The Hall–Kier alpha value is -1.74. The maximum atomic E-state index is 13.7. The summed E-state index contributed by atoms with van der Waals surface area (Å²) in [5.74, 6) is -2.78. The smallest absolute Gasteiger partial charge is 0.244 e. The molecule has 1 aromatic carbocycles. The van der Waals surface area contributed by atoms with E-state index in [0.717, 1.165) is 12.1 Å². The van der Waals surface area contributed by atoms with Crippen LogP contribution in [-0.2, 0) is 14.8 Å². The summed E-state index contributed by atoms with van der Waals surface area (Å²) in [5, 5.41) is 2.50. The standard InChI is InChI=1S/C12H17F2N3O3S/c1-7(2)5-16-10(18)6-17-21(19,20)9-4-3-8(13)12(15)11(9)14/h3-4,7,17H,5-6,15H2,1-2H3,(H,16,18). The lowest BCUT2D eigenvalue weighted by molar-refractivity contribution is -0.120. The molecule has 0 aliphatic rings. The largest absolute Gasteiger partial charge is 0.394 e. The van der Waals surface area contributed by atoms with E-state index in [1.54, 1.807) is 0 Å². The molecule has 0 unspecified atom stereocenters. The molecule has 118 valence electrons. The Morgan fingerprint density at radius 3 is 2.52 bits per heavy atom. The number of hydrogen-bond acceptors (Lipinski definition) is 4. The first-order valence-electron chi connectivity index (χ1n) is 6.15. The van der Waals surface area contributed by atoms with Gasteiger partial charge in [0.05, 0.1) is 6.54 Å². The molecule has 0 aromatic heterocycles. The highest BCUT2D eigenvalue weighted by molar-refractivity contribution is 7.89. The van der Waals surface area contributed by atoms with Crippen molar-refractivity contribution < 1.29 is 22.0 Å². The fourth-order valence-electron chi connectivity index (χ4n) is 1.38. The van der Waals surface area contributed by atoms with Gasteiger partial charge in [0.2, 0.25) is 15.9 Å². The van der Waals surface area contributed by atoms with Gasteiger partial charge in [-0.05, 0) is 18.1 Å². The second kappa shape index (κ2) is 6.81. The Morgan fingerprint density at radius 1 is 1.33 bits per heavy atom. The van der Waals surface area contributed by atoms with Crippen molar-refractivity contribution in [2.45, 2.75) is 18.7 Å². The highest BCUT2D eigenvalue weighted by Crippen LogP contribution is 2.22. The van der Waals surface area contributed by atoms with Gasteiger partial charge in [0, 0.05) is 6.54 Å². The average molecular weight is 321 g/mol. The molecule has 1 rings (SSSR count). The van der Waals surface area contributed by atoms with Crippen LogP contribution in [0.2, 0.25) is 0 Å². The number of nitrogens with two attached hydrogens (primary N) is 1. The molecule has 1 aromatic rings. The van der Waals surface area contributed by atoms with Crippen LogP contribution in [0.25, 0.3) is 0 Å². The number of carbonyl (C=O) groups is 1. The number of nitrogen functional groups attached to an aromatic ring is 1. The zero-order chi connectivity index (χ0) is 16.2. The molecule has 9 heteroatoms. The molecule has 0 aliphatic carbocycles. The minimum absolute atomic E-state index is 0.208. The van der Waals surface area contributed by atoms with Crippen LogP contribution < -0.4 is 15.8 Å². The molecule has 21 heavy (non-hydrogen) atoms. The van der Waals surface area contributed by atoms with Crippen molar-refractivity contribution in [3.8, 4) is 0 Å². The third kappa shape index (κ3) is 4.64. The van der Waals surface area contributed by atoms with E-state index in [2.05, 4.69) is 5.32 Å². The average Bonchev–Trinajstić information content (AvgIpc) is 2.40. The summed E-state index contributed by atoms with van der Waals surface area (Å²) in [6.45, 7) is 3.59. The second-order valence-corrected chi connectivity index (χ2v) is 6.53. The molecule has 0 fully saturated rings. The van der Waals surface area contributed by atoms with Crippen LogP contribution in [-0.4, -0.2) is 27.4 Å². The third-order valence-corrected chi connectivity index (χ3v) is 3.93. The van der Waals surface area contributed by atoms with Crippen molar-refractivity contribution in [1.82, 2.24) is 10.0 Å². The first-order valence-corrected chi connectivity index (χ1v) is 7.63. The lowest BCUT2D eigenvalue weighted by Crippen LogP contribution is -2.38. The maximum absolute atomic E-state index is 13.7. The number of nitrogens with one attached hydrogen (secondary N) is 2. The highest BCUT2D eigenvalue weighted by Gasteiger charge is 2.23. The second-order valence-electron chi connectivity index (χ2n) is 4.80. The number of sulfonamides is 1. The molecule has 0 bridgehead atoms. The monoisotopic (exact) mass is 321 g/mol. The van der Waals surface area contributed by atoms with E-state index in [1.807, 2.05) is 18.6 Å². The van der Waals surface area contributed by atoms with Gasteiger partial charge in [-0.25, -0.2) is 21.9 Å². The van der Waals surface area contributed by atoms with Crippen molar-refractivity contribution in [3.05, 3.63) is 23.8 Å². The number of amides is 1. The molecular weight excluding hydrogens is 304 g/mol. The van der Waals surface area contributed by atoms with Crippen molar-refractivity contribution in [2.75, 3.05) is 18.8 Å². The van der Waals surface area contributed by atoms with Gasteiger partial charge < -0.3 is 11.1 Å². The zero-order valence-corrected chi connectivity index (χ0v) is 12.4. The topological polar surface area (TPSA) is 101 Å². The van der Waals surface area contributed by atoms with Gasteiger partial charge in [0.15, 0.2) is 5.82 Å². The number of rotatable bonds is 6. The van der Waals surface area contributed by atoms with Gasteiger partial charge in [0.1, 0.15) is 16.4 Å². The number of anilines is 1.